The van der Waals surface area contributed by atoms with E-state index in [1.54, 1.807) is 0 Å². The van der Waals surface area contributed by atoms with Crippen LogP contribution in [0.25, 0.3) is 0 Å². The van der Waals surface area contributed by atoms with E-state index in [4.69, 9.17) is 0 Å². The van der Waals surface area contributed by atoms with Gasteiger partial charge < -0.3 is 0 Å². The molecule has 0 rings (SSSR count). The first kappa shape index (κ1) is 20.0. The van der Waals surface area contributed by atoms with E-state index in [1.807, 2.05) is 0 Å². The van der Waals surface area contributed by atoms with Gasteiger partial charge in [-0.3, -0.25) is 4.18 Å². The van der Waals surface area contributed by atoms with Crippen molar-refractivity contribution in [1.82, 2.24) is 0 Å². The Morgan fingerprint density at radius 1 is 0.765 bits per heavy atom. The van der Waals surface area contributed by atoms with E-state index in [-0.39, 0.29) is 23.1 Å². The second-order valence-corrected chi connectivity index (χ2v) is 4.94. The smallest absolute Gasteiger partial charge is 0.272 e. The van der Waals surface area contributed by atoms with Crippen LogP contribution in [0.2, 0.25) is 0 Å². The molecular formula is C12H28MgO3S. The molecule has 0 amide bonds. The fraction of sp³-hybridized carbons (Fsp3) is 1.00. The number of hydrogen-bond acceptors (Lipinski definition) is 3. The van der Waals surface area contributed by atoms with Crippen molar-refractivity contribution in [1.29, 1.82) is 0 Å². The van der Waals surface area contributed by atoms with Crippen LogP contribution >= 0.6 is 0 Å². The number of rotatable bonds is 12. The zero-order chi connectivity index (χ0) is 12.1. The van der Waals surface area contributed by atoms with Crippen LogP contribution in [0, 0.1) is 0 Å². The molecule has 0 saturated carbocycles. The first-order valence-electron chi connectivity index (χ1n) is 6.54. The lowest BCUT2D eigenvalue weighted by Gasteiger charge is -2.01. The Balaban J connectivity index is 0. The number of hydrogen-bond donors (Lipinski definition) is 1. The summed E-state index contributed by atoms with van der Waals surface area (Å²) in [6, 6.07) is 0. The normalized spacial score (nSPS) is 10.5. The molecule has 0 aliphatic rings. The highest BCUT2D eigenvalue weighted by Gasteiger charge is 1.93. The minimum absolute atomic E-state index is 0. The first-order chi connectivity index (χ1) is 7.77. The van der Waals surface area contributed by atoms with Crippen molar-refractivity contribution < 1.29 is 12.6 Å². The number of thiol groups is 1. The van der Waals surface area contributed by atoms with Gasteiger partial charge in [-0.1, -0.05) is 64.7 Å². The summed E-state index contributed by atoms with van der Waals surface area (Å²) in [5, 5.41) is 0. The van der Waals surface area contributed by atoms with Crippen molar-refractivity contribution in [2.24, 2.45) is 0 Å². The van der Waals surface area contributed by atoms with Crippen LogP contribution in [0.15, 0.2) is 0 Å². The van der Waals surface area contributed by atoms with Crippen molar-refractivity contribution in [3.63, 3.8) is 0 Å². The van der Waals surface area contributed by atoms with Crippen molar-refractivity contribution in [3.05, 3.63) is 0 Å². The molecule has 0 aliphatic heterocycles. The van der Waals surface area contributed by atoms with E-state index in [0.29, 0.717) is 6.61 Å². The highest BCUT2D eigenvalue weighted by atomic mass is 32.2. The molecule has 0 N–H and O–H groups in total. The maximum Gasteiger partial charge on any atom is 0.316 e. The first-order valence-corrected chi connectivity index (χ1v) is 7.64. The third-order valence-electron chi connectivity index (χ3n) is 2.69. The van der Waals surface area contributed by atoms with Crippen molar-refractivity contribution in [2.75, 3.05) is 6.61 Å². The van der Waals surface area contributed by atoms with Crippen molar-refractivity contribution >= 4 is 34.0 Å². The maximum absolute atomic E-state index is 10.1. The minimum atomic E-state index is -2.64. The Labute approximate surface area is 124 Å². The molecule has 102 valence electrons. The van der Waals surface area contributed by atoms with Crippen molar-refractivity contribution in [2.45, 2.75) is 71.1 Å². The van der Waals surface area contributed by atoms with E-state index in [1.165, 1.54) is 51.4 Å². The predicted octanol–water partition coefficient (Wildman–Crippen LogP) is 2.53. The van der Waals surface area contributed by atoms with Crippen LogP contribution in [0.1, 0.15) is 71.1 Å². The Kier molecular flexibility index (Phi) is 19.6. The fourth-order valence-electron chi connectivity index (χ4n) is 1.73. The standard InChI is InChI=1S/C12H26O3S.Mg.2H/c1-2-3-4-5-6-7-8-9-10-11-12-15-16(13)14;;;/h16H,2-12H2,1H3;;;. The highest BCUT2D eigenvalue weighted by molar-refractivity contribution is 7.67. The summed E-state index contributed by atoms with van der Waals surface area (Å²) in [4.78, 5) is 0. The second kappa shape index (κ2) is 16.7. The molecule has 5 heteroatoms. The van der Waals surface area contributed by atoms with Gasteiger partial charge in [0.25, 0.3) is 11.0 Å². The Bertz CT molecular complexity index is 200. The van der Waals surface area contributed by atoms with Gasteiger partial charge in [-0.15, -0.1) is 0 Å². The summed E-state index contributed by atoms with van der Waals surface area (Å²) < 4.78 is 24.6. The summed E-state index contributed by atoms with van der Waals surface area (Å²) in [5.74, 6) is 0. The van der Waals surface area contributed by atoms with Gasteiger partial charge in [0.15, 0.2) is 0 Å². The minimum Gasteiger partial charge on any atom is -0.272 e. The molecule has 0 atom stereocenters. The van der Waals surface area contributed by atoms with E-state index in [0.717, 1.165) is 12.8 Å². The molecule has 0 saturated heterocycles. The monoisotopic (exact) mass is 276 g/mol. The van der Waals surface area contributed by atoms with Gasteiger partial charge in [0.1, 0.15) is 0 Å². The lowest BCUT2D eigenvalue weighted by molar-refractivity contribution is 0.319. The summed E-state index contributed by atoms with van der Waals surface area (Å²) >= 11 is 0. The van der Waals surface area contributed by atoms with Gasteiger partial charge in [0, 0.05) is 0 Å². The van der Waals surface area contributed by atoms with Gasteiger partial charge in [0.05, 0.1) is 6.61 Å². The summed E-state index contributed by atoms with van der Waals surface area (Å²) in [6.07, 6.45) is 12.5. The molecule has 0 spiro atoms. The van der Waals surface area contributed by atoms with Crippen LogP contribution in [0.4, 0.5) is 0 Å². The highest BCUT2D eigenvalue weighted by Crippen LogP contribution is 2.10. The van der Waals surface area contributed by atoms with Crippen LogP contribution < -0.4 is 0 Å². The molecule has 0 aromatic rings. The van der Waals surface area contributed by atoms with Crippen molar-refractivity contribution in [3.8, 4) is 0 Å². The van der Waals surface area contributed by atoms with Gasteiger partial charge in [-0.05, 0) is 6.42 Å². The molecule has 0 aromatic heterocycles. The molecule has 0 unspecified atom stereocenters. The van der Waals surface area contributed by atoms with Crippen LogP contribution in [0.3, 0.4) is 0 Å². The Morgan fingerprint density at radius 3 is 1.59 bits per heavy atom. The van der Waals surface area contributed by atoms with Crippen LogP contribution in [0.5, 0.6) is 0 Å². The predicted molar refractivity (Wildman–Crippen MR) is 76.7 cm³/mol. The maximum atomic E-state index is 10.1. The fourth-order valence-corrected chi connectivity index (χ4v) is 2.01. The summed E-state index contributed by atoms with van der Waals surface area (Å²) in [6.45, 7) is 2.59. The largest absolute Gasteiger partial charge is 0.316 e. The summed E-state index contributed by atoms with van der Waals surface area (Å²) in [5.41, 5.74) is 0. The van der Waals surface area contributed by atoms with E-state index < -0.39 is 11.0 Å². The quantitative estimate of drug-likeness (QED) is 0.338. The summed E-state index contributed by atoms with van der Waals surface area (Å²) in [7, 11) is -2.64. The third kappa shape index (κ3) is 19.2. The molecule has 0 aromatic carbocycles. The average molecular weight is 277 g/mol. The van der Waals surface area contributed by atoms with Gasteiger partial charge >= 0.3 is 23.1 Å². The van der Waals surface area contributed by atoms with E-state index >= 15 is 0 Å². The molecule has 0 radical (unpaired) electrons. The van der Waals surface area contributed by atoms with Gasteiger partial charge in [0.2, 0.25) is 0 Å². The lowest BCUT2D eigenvalue weighted by atomic mass is 10.1. The Hall–Kier alpha value is 0.676. The Morgan fingerprint density at radius 2 is 1.18 bits per heavy atom. The van der Waals surface area contributed by atoms with Crippen LogP contribution in [-0.4, -0.2) is 38.1 Å². The molecule has 0 heterocycles. The lowest BCUT2D eigenvalue weighted by Crippen LogP contribution is -1.92. The zero-order valence-corrected chi connectivity index (χ0v) is 11.3. The van der Waals surface area contributed by atoms with Crippen LogP contribution in [-0.2, 0) is 15.2 Å². The molecule has 0 fully saturated rings. The van der Waals surface area contributed by atoms with E-state index in [2.05, 4.69) is 11.1 Å². The molecule has 3 nitrogen and oxygen atoms in total. The molecule has 0 aliphatic carbocycles. The average Bonchev–Trinajstić information content (AvgIpc) is 2.25. The second-order valence-electron chi connectivity index (χ2n) is 4.24. The molecular weight excluding hydrogens is 249 g/mol. The SMILES string of the molecule is CCCCCCCCCCCCO[SH](=O)=O.[MgH2]. The molecule has 0 bridgehead atoms. The zero-order valence-electron chi connectivity index (χ0n) is 10.5. The van der Waals surface area contributed by atoms with Gasteiger partial charge in [-0.25, -0.2) is 8.42 Å². The third-order valence-corrected chi connectivity index (χ3v) is 3.09. The topological polar surface area (TPSA) is 43.4 Å². The number of unbranched alkanes of at least 4 members (excludes halogenated alkanes) is 9. The molecule has 17 heavy (non-hydrogen) atoms. The van der Waals surface area contributed by atoms with Gasteiger partial charge in [-0.2, -0.15) is 0 Å². The van der Waals surface area contributed by atoms with E-state index in [9.17, 15) is 8.42 Å².